The normalized spacial score (nSPS) is 12.2. The van der Waals surface area contributed by atoms with Crippen LogP contribution in [0.2, 0.25) is 0 Å². The van der Waals surface area contributed by atoms with E-state index in [4.69, 9.17) is 18.9 Å². The number of rotatable bonds is 11. The van der Waals surface area contributed by atoms with Crippen LogP contribution < -0.4 is 9.47 Å². The van der Waals surface area contributed by atoms with Gasteiger partial charge in [-0.1, -0.05) is 24.3 Å². The van der Waals surface area contributed by atoms with Crippen molar-refractivity contribution in [1.29, 1.82) is 0 Å². The van der Waals surface area contributed by atoms with E-state index in [2.05, 4.69) is 0 Å². The Labute approximate surface area is 186 Å². The van der Waals surface area contributed by atoms with Gasteiger partial charge in [-0.25, -0.2) is 0 Å². The molecule has 2 atom stereocenters. The first-order chi connectivity index (χ1) is 15.4. The van der Waals surface area contributed by atoms with Crippen molar-refractivity contribution in [1.82, 2.24) is 0 Å². The molecule has 2 aromatic carbocycles. The van der Waals surface area contributed by atoms with E-state index >= 15 is 0 Å². The third kappa shape index (κ3) is 5.72. The van der Waals surface area contributed by atoms with E-state index in [-0.39, 0.29) is 24.3 Å². The van der Waals surface area contributed by atoms with E-state index in [0.29, 0.717) is 11.5 Å². The molecule has 0 aliphatic carbocycles. The predicted octanol–water partition coefficient (Wildman–Crippen LogP) is 3.13. The van der Waals surface area contributed by atoms with Gasteiger partial charge in [-0.05, 0) is 38.1 Å². The van der Waals surface area contributed by atoms with Crippen molar-refractivity contribution < 1.29 is 38.1 Å². The van der Waals surface area contributed by atoms with Gasteiger partial charge < -0.3 is 18.9 Å². The molecule has 0 aliphatic heterocycles. The van der Waals surface area contributed by atoms with Crippen molar-refractivity contribution in [2.75, 3.05) is 27.4 Å². The zero-order valence-corrected chi connectivity index (χ0v) is 18.5. The fourth-order valence-electron chi connectivity index (χ4n) is 3.16. The molecule has 0 N–H and O–H groups in total. The van der Waals surface area contributed by atoms with Crippen LogP contribution in [0.3, 0.4) is 0 Å². The van der Waals surface area contributed by atoms with Crippen LogP contribution in [0.4, 0.5) is 0 Å². The first-order valence-corrected chi connectivity index (χ1v) is 10.1. The highest BCUT2D eigenvalue weighted by Gasteiger charge is 2.46. The number of carbonyl (C=O) groups is 4. The first kappa shape index (κ1) is 24.6. The molecule has 32 heavy (non-hydrogen) atoms. The topological polar surface area (TPSA) is 105 Å². The molecule has 0 saturated heterocycles. The molecule has 2 unspecified atom stereocenters. The van der Waals surface area contributed by atoms with Crippen molar-refractivity contribution >= 4 is 23.5 Å². The largest absolute Gasteiger partial charge is 0.497 e. The zero-order chi connectivity index (χ0) is 23.7. The molecule has 170 valence electrons. The van der Waals surface area contributed by atoms with Crippen LogP contribution in [0, 0.1) is 11.8 Å². The summed E-state index contributed by atoms with van der Waals surface area (Å²) in [5.74, 6) is -6.20. The molecule has 0 radical (unpaired) electrons. The first-order valence-electron chi connectivity index (χ1n) is 10.1. The van der Waals surface area contributed by atoms with Crippen molar-refractivity contribution in [2.45, 2.75) is 13.8 Å². The van der Waals surface area contributed by atoms with Gasteiger partial charge in [0.2, 0.25) is 0 Å². The fraction of sp³-hybridized carbons (Fsp3) is 0.333. The van der Waals surface area contributed by atoms with Gasteiger partial charge in [0.25, 0.3) is 0 Å². The molecule has 0 bridgehead atoms. The second kappa shape index (κ2) is 11.6. The second-order valence-electron chi connectivity index (χ2n) is 6.65. The summed E-state index contributed by atoms with van der Waals surface area (Å²) in [6.07, 6.45) is 0. The quantitative estimate of drug-likeness (QED) is 0.297. The average Bonchev–Trinajstić information content (AvgIpc) is 2.81. The molecule has 0 aliphatic rings. The Balaban J connectivity index is 2.60. The van der Waals surface area contributed by atoms with E-state index in [1.165, 1.54) is 38.5 Å². The molecule has 0 fully saturated rings. The van der Waals surface area contributed by atoms with Crippen LogP contribution in [0.25, 0.3) is 0 Å². The minimum Gasteiger partial charge on any atom is -0.497 e. The van der Waals surface area contributed by atoms with Crippen molar-refractivity contribution in [3.8, 4) is 11.5 Å². The minimum absolute atomic E-state index is 0.0381. The van der Waals surface area contributed by atoms with Crippen LogP contribution in [0.5, 0.6) is 11.5 Å². The van der Waals surface area contributed by atoms with Gasteiger partial charge in [-0.2, -0.15) is 0 Å². The maximum Gasteiger partial charge on any atom is 0.318 e. The number of Topliss-reactive ketones (excluding diaryl/α,β-unsaturated/α-hetero) is 2. The molecular weight excluding hydrogens is 416 g/mol. The van der Waals surface area contributed by atoms with Crippen LogP contribution in [0.1, 0.15) is 34.6 Å². The number of esters is 2. The number of methoxy groups -OCH3 is 2. The monoisotopic (exact) mass is 442 g/mol. The van der Waals surface area contributed by atoms with Gasteiger partial charge in [0, 0.05) is 11.1 Å². The lowest BCUT2D eigenvalue weighted by Crippen LogP contribution is -2.42. The second-order valence-corrected chi connectivity index (χ2v) is 6.65. The van der Waals surface area contributed by atoms with E-state index in [0.717, 1.165) is 0 Å². The van der Waals surface area contributed by atoms with Crippen molar-refractivity contribution in [3.05, 3.63) is 59.7 Å². The van der Waals surface area contributed by atoms with Gasteiger partial charge in [-0.15, -0.1) is 0 Å². The minimum atomic E-state index is -1.74. The SMILES string of the molecule is CCOC(=O)C(C(=O)c1cccc(OC)c1)C(C(=O)OCC)C(=O)c1cccc(OC)c1. The maximum atomic E-state index is 13.4. The van der Waals surface area contributed by atoms with Gasteiger partial charge in [-0.3, -0.25) is 19.2 Å². The lowest BCUT2D eigenvalue weighted by atomic mass is 9.80. The van der Waals surface area contributed by atoms with Crippen LogP contribution in [-0.4, -0.2) is 50.9 Å². The number of ether oxygens (including phenoxy) is 4. The van der Waals surface area contributed by atoms with Gasteiger partial charge >= 0.3 is 11.9 Å². The number of carbonyl (C=O) groups excluding carboxylic acids is 4. The molecule has 2 rings (SSSR count). The van der Waals surface area contributed by atoms with Crippen molar-refractivity contribution in [2.24, 2.45) is 11.8 Å². The van der Waals surface area contributed by atoms with E-state index in [1.807, 2.05) is 0 Å². The Kier molecular flexibility index (Phi) is 8.95. The summed E-state index contributed by atoms with van der Waals surface area (Å²) >= 11 is 0. The molecule has 0 aromatic heterocycles. The molecule has 0 spiro atoms. The molecular formula is C24H26O8. The third-order valence-corrected chi connectivity index (χ3v) is 4.69. The molecule has 8 nitrogen and oxygen atoms in total. The van der Waals surface area contributed by atoms with Crippen LogP contribution in [0.15, 0.2) is 48.5 Å². The maximum absolute atomic E-state index is 13.4. The summed E-state index contributed by atoms with van der Waals surface area (Å²) in [4.78, 5) is 52.5. The summed E-state index contributed by atoms with van der Waals surface area (Å²) in [5.41, 5.74) is 0.185. The highest BCUT2D eigenvalue weighted by molar-refractivity contribution is 6.19. The van der Waals surface area contributed by atoms with Gasteiger partial charge in [0.1, 0.15) is 23.3 Å². The summed E-state index contributed by atoms with van der Waals surface area (Å²) in [7, 11) is 2.86. The molecule has 0 amide bonds. The highest BCUT2D eigenvalue weighted by Crippen LogP contribution is 2.28. The predicted molar refractivity (Wildman–Crippen MR) is 115 cm³/mol. The van der Waals surface area contributed by atoms with E-state index < -0.39 is 35.3 Å². The Morgan fingerprint density at radius 1 is 0.688 bits per heavy atom. The van der Waals surface area contributed by atoms with Crippen LogP contribution in [-0.2, 0) is 19.1 Å². The highest BCUT2D eigenvalue weighted by atomic mass is 16.5. The third-order valence-electron chi connectivity index (χ3n) is 4.69. The number of ketones is 2. The Bertz CT molecular complexity index is 902. The number of hydrogen-bond donors (Lipinski definition) is 0. The summed E-state index contributed by atoms with van der Waals surface area (Å²) in [6.45, 7) is 3.05. The van der Waals surface area contributed by atoms with Gasteiger partial charge in [0.15, 0.2) is 11.6 Å². The molecule has 8 heteroatoms. The summed E-state index contributed by atoms with van der Waals surface area (Å²) < 4.78 is 20.4. The standard InChI is InChI=1S/C24H26O8/c1-5-31-23(27)19(21(25)15-9-7-11-17(13-15)29-3)20(24(28)32-6-2)22(26)16-10-8-12-18(14-16)30-4/h7-14,19-20H,5-6H2,1-4H3. The Hall–Kier alpha value is -3.68. The van der Waals surface area contributed by atoms with E-state index in [9.17, 15) is 19.2 Å². The van der Waals surface area contributed by atoms with Crippen LogP contribution >= 0.6 is 0 Å². The fourth-order valence-corrected chi connectivity index (χ4v) is 3.16. The Morgan fingerprint density at radius 2 is 1.06 bits per heavy atom. The zero-order valence-electron chi connectivity index (χ0n) is 18.5. The molecule has 0 saturated carbocycles. The summed E-state index contributed by atoms with van der Waals surface area (Å²) in [6, 6.07) is 12.2. The van der Waals surface area contributed by atoms with E-state index in [1.54, 1.807) is 38.1 Å². The number of benzene rings is 2. The average molecular weight is 442 g/mol. The molecule has 0 heterocycles. The Morgan fingerprint density at radius 3 is 1.38 bits per heavy atom. The number of hydrogen-bond acceptors (Lipinski definition) is 8. The molecule has 2 aromatic rings. The lowest BCUT2D eigenvalue weighted by Gasteiger charge is -2.23. The lowest BCUT2D eigenvalue weighted by molar-refractivity contribution is -0.156. The van der Waals surface area contributed by atoms with Crippen molar-refractivity contribution in [3.63, 3.8) is 0 Å². The van der Waals surface area contributed by atoms with Gasteiger partial charge in [0.05, 0.1) is 27.4 Å². The summed E-state index contributed by atoms with van der Waals surface area (Å²) in [5, 5.41) is 0. The smallest absolute Gasteiger partial charge is 0.318 e.